The summed E-state index contributed by atoms with van der Waals surface area (Å²) in [6.45, 7) is 1.33. The van der Waals surface area contributed by atoms with Gasteiger partial charge in [-0.3, -0.25) is 0 Å². The van der Waals surface area contributed by atoms with Crippen LogP contribution in [-0.4, -0.2) is 41.4 Å². The Morgan fingerprint density at radius 1 is 1.10 bits per heavy atom. The average Bonchev–Trinajstić information content (AvgIpc) is 3.54. The Labute approximate surface area is 175 Å². The van der Waals surface area contributed by atoms with Gasteiger partial charge >= 0.3 is 0 Å². The molecule has 4 atom stereocenters. The maximum Gasteiger partial charge on any atom is 0.283 e. The van der Waals surface area contributed by atoms with Gasteiger partial charge in [0.1, 0.15) is 30.3 Å². The Morgan fingerprint density at radius 3 is 2.73 bits per heavy atom. The summed E-state index contributed by atoms with van der Waals surface area (Å²) in [6, 6.07) is 6.49. The van der Waals surface area contributed by atoms with E-state index in [9.17, 15) is 0 Å². The summed E-state index contributed by atoms with van der Waals surface area (Å²) in [5, 5.41) is 0. The minimum atomic E-state index is -0.532. The molecule has 30 heavy (non-hydrogen) atoms. The Morgan fingerprint density at radius 2 is 1.97 bits per heavy atom. The van der Waals surface area contributed by atoms with Crippen LogP contribution in [0.25, 0.3) is 11.1 Å². The lowest BCUT2D eigenvalue weighted by molar-refractivity contribution is -0.0643. The third kappa shape index (κ3) is 3.03. The molecule has 7 nitrogen and oxygen atoms in total. The van der Waals surface area contributed by atoms with Gasteiger partial charge in [-0.05, 0) is 55.7 Å². The molecule has 2 aliphatic carbocycles. The van der Waals surface area contributed by atoms with Crippen LogP contribution in [0.4, 0.5) is 0 Å². The maximum absolute atomic E-state index is 6.48. The molecule has 0 radical (unpaired) electrons. The van der Waals surface area contributed by atoms with Crippen molar-refractivity contribution < 1.29 is 14.2 Å². The first-order chi connectivity index (χ1) is 14.7. The van der Waals surface area contributed by atoms with Gasteiger partial charge in [0.2, 0.25) is 0 Å². The second-order valence-corrected chi connectivity index (χ2v) is 8.98. The number of ether oxygens (including phenoxy) is 3. The molecule has 0 bridgehead atoms. The van der Waals surface area contributed by atoms with Crippen molar-refractivity contribution in [2.75, 3.05) is 13.2 Å². The summed E-state index contributed by atoms with van der Waals surface area (Å²) >= 11 is 0. The molecule has 7 heteroatoms. The van der Waals surface area contributed by atoms with Crippen molar-refractivity contribution in [3.05, 3.63) is 42.5 Å². The Hall–Kier alpha value is -2.67. The number of aromatic nitrogens is 2. The lowest BCUT2D eigenvalue weighted by Gasteiger charge is -2.48. The van der Waals surface area contributed by atoms with E-state index in [-0.39, 0.29) is 24.1 Å². The summed E-state index contributed by atoms with van der Waals surface area (Å²) in [7, 11) is 0. The smallest absolute Gasteiger partial charge is 0.283 e. The Balaban J connectivity index is 1.38. The highest BCUT2D eigenvalue weighted by Crippen LogP contribution is 2.53. The number of hydrogen-bond acceptors (Lipinski definition) is 7. The molecule has 4 aliphatic rings. The molecular weight excluding hydrogens is 380 g/mol. The molecule has 0 saturated heterocycles. The van der Waals surface area contributed by atoms with E-state index in [0.29, 0.717) is 6.61 Å². The second kappa shape index (κ2) is 6.94. The Kier molecular flexibility index (Phi) is 4.19. The summed E-state index contributed by atoms with van der Waals surface area (Å²) in [5.41, 5.74) is 8.55. The molecule has 2 aromatic rings. The first-order valence-electron chi connectivity index (χ1n) is 10.9. The van der Waals surface area contributed by atoms with Crippen LogP contribution < -0.4 is 10.5 Å². The third-order valence-corrected chi connectivity index (χ3v) is 6.98. The molecule has 3 heterocycles. The van der Waals surface area contributed by atoms with E-state index in [1.165, 1.54) is 19.2 Å². The number of aliphatic imine (C=N–C) groups is 1. The molecule has 2 aliphatic heterocycles. The van der Waals surface area contributed by atoms with Crippen LogP contribution in [0.5, 0.6) is 5.75 Å². The summed E-state index contributed by atoms with van der Waals surface area (Å²) in [6.07, 6.45) is 11.0. The third-order valence-electron chi connectivity index (χ3n) is 6.98. The largest absolute Gasteiger partial charge is 0.490 e. The van der Waals surface area contributed by atoms with Gasteiger partial charge in [0.25, 0.3) is 6.02 Å². The minimum Gasteiger partial charge on any atom is -0.490 e. The molecule has 1 spiro atoms. The SMILES string of the molecule is NC1=NC2(CO1)c1cc(-c3cncnc3)ccc1OC1CCC(OCC3CC3)CC12. The topological polar surface area (TPSA) is 91.9 Å². The van der Waals surface area contributed by atoms with E-state index in [1.807, 2.05) is 18.5 Å². The standard InChI is InChI=1S/C23H26N4O3/c24-22-27-23(12-29-22)18-7-15(16-9-25-13-26-10-16)3-5-20(18)30-21-6-4-17(8-19(21)23)28-11-14-1-2-14/h3,5,7,9-10,13-14,17,19,21H,1-2,4,6,8,11-12H2,(H2,24,27). The molecule has 4 unspecified atom stereocenters. The van der Waals surface area contributed by atoms with Crippen molar-refractivity contribution in [2.45, 2.75) is 49.9 Å². The fourth-order valence-electron chi connectivity index (χ4n) is 5.19. The van der Waals surface area contributed by atoms with Gasteiger partial charge in [0, 0.05) is 36.0 Å². The number of amidine groups is 1. The molecule has 1 aromatic carbocycles. The monoisotopic (exact) mass is 406 g/mol. The first kappa shape index (κ1) is 18.1. The zero-order valence-corrected chi connectivity index (χ0v) is 16.9. The van der Waals surface area contributed by atoms with Gasteiger partial charge in [-0.25, -0.2) is 15.0 Å². The number of hydrogen-bond donors (Lipinski definition) is 1. The van der Waals surface area contributed by atoms with Crippen molar-refractivity contribution in [3.63, 3.8) is 0 Å². The van der Waals surface area contributed by atoms with Crippen molar-refractivity contribution in [2.24, 2.45) is 22.6 Å². The molecular formula is C23H26N4O3. The van der Waals surface area contributed by atoms with Gasteiger partial charge in [-0.1, -0.05) is 6.07 Å². The first-order valence-corrected chi connectivity index (χ1v) is 10.9. The van der Waals surface area contributed by atoms with E-state index in [4.69, 9.17) is 24.9 Å². The van der Waals surface area contributed by atoms with Crippen molar-refractivity contribution in [3.8, 4) is 16.9 Å². The summed E-state index contributed by atoms with van der Waals surface area (Å²) in [4.78, 5) is 13.2. The van der Waals surface area contributed by atoms with E-state index in [1.54, 1.807) is 0 Å². The molecule has 156 valence electrons. The molecule has 2 saturated carbocycles. The van der Waals surface area contributed by atoms with Crippen LogP contribution in [0.15, 0.2) is 41.9 Å². The van der Waals surface area contributed by atoms with Crippen molar-refractivity contribution >= 4 is 6.02 Å². The predicted molar refractivity (Wildman–Crippen MR) is 111 cm³/mol. The molecule has 2 N–H and O–H groups in total. The van der Waals surface area contributed by atoms with E-state index in [0.717, 1.165) is 54.2 Å². The van der Waals surface area contributed by atoms with Gasteiger partial charge in [0.05, 0.1) is 6.10 Å². The molecule has 0 amide bonds. The van der Waals surface area contributed by atoms with E-state index >= 15 is 0 Å². The second-order valence-electron chi connectivity index (χ2n) is 8.98. The number of fused-ring (bicyclic) bond motifs is 4. The van der Waals surface area contributed by atoms with Gasteiger partial charge in [-0.15, -0.1) is 0 Å². The normalized spacial score (nSPS) is 32.0. The summed E-state index contributed by atoms with van der Waals surface area (Å²) in [5.74, 6) is 1.81. The van der Waals surface area contributed by atoms with Crippen molar-refractivity contribution in [1.29, 1.82) is 0 Å². The van der Waals surface area contributed by atoms with Crippen LogP contribution in [0, 0.1) is 11.8 Å². The van der Waals surface area contributed by atoms with E-state index < -0.39 is 5.54 Å². The lowest BCUT2D eigenvalue weighted by atomic mass is 9.67. The van der Waals surface area contributed by atoms with Gasteiger partial charge in [-0.2, -0.15) is 0 Å². The minimum absolute atomic E-state index is 0.0995. The fourth-order valence-corrected chi connectivity index (χ4v) is 5.19. The fraction of sp³-hybridized carbons (Fsp3) is 0.522. The van der Waals surface area contributed by atoms with Crippen LogP contribution in [0.2, 0.25) is 0 Å². The number of nitrogens with two attached hydrogens (primary N) is 1. The zero-order chi connectivity index (χ0) is 20.1. The van der Waals surface area contributed by atoms with Crippen LogP contribution in [0.3, 0.4) is 0 Å². The zero-order valence-electron chi connectivity index (χ0n) is 16.9. The maximum atomic E-state index is 6.48. The van der Waals surface area contributed by atoms with Crippen LogP contribution >= 0.6 is 0 Å². The average molecular weight is 406 g/mol. The Bertz CT molecular complexity index is 978. The quantitative estimate of drug-likeness (QED) is 0.839. The van der Waals surface area contributed by atoms with E-state index in [2.05, 4.69) is 22.1 Å². The molecule has 2 fully saturated rings. The predicted octanol–water partition coefficient (Wildman–Crippen LogP) is 3.04. The highest BCUT2D eigenvalue weighted by molar-refractivity contribution is 5.75. The van der Waals surface area contributed by atoms with Gasteiger partial charge in [0.15, 0.2) is 0 Å². The van der Waals surface area contributed by atoms with Crippen LogP contribution in [0.1, 0.15) is 37.7 Å². The van der Waals surface area contributed by atoms with Crippen LogP contribution in [-0.2, 0) is 15.0 Å². The molecule has 1 aromatic heterocycles. The van der Waals surface area contributed by atoms with Gasteiger partial charge < -0.3 is 19.9 Å². The van der Waals surface area contributed by atoms with Crippen molar-refractivity contribution in [1.82, 2.24) is 9.97 Å². The highest BCUT2D eigenvalue weighted by atomic mass is 16.5. The lowest BCUT2D eigenvalue weighted by Crippen LogP contribution is -2.52. The molecule has 6 rings (SSSR count). The highest BCUT2D eigenvalue weighted by Gasteiger charge is 2.55. The summed E-state index contributed by atoms with van der Waals surface area (Å²) < 4.78 is 18.5. The number of benzene rings is 1. The number of rotatable bonds is 4. The number of nitrogens with zero attached hydrogens (tertiary/aromatic N) is 3.